The second-order valence-corrected chi connectivity index (χ2v) is 1.77. The summed E-state index contributed by atoms with van der Waals surface area (Å²) >= 11 is 2.93. The van der Waals surface area contributed by atoms with Gasteiger partial charge in [-0.3, -0.25) is 0 Å². The first-order valence-corrected chi connectivity index (χ1v) is 2.43. The Balaban J connectivity index is 3.13. The van der Waals surface area contributed by atoms with Crippen LogP contribution in [0.5, 0.6) is 0 Å². The van der Waals surface area contributed by atoms with E-state index in [1.807, 2.05) is 0 Å². The third kappa shape index (κ3) is 0.825. The molecule has 0 atom stereocenters. The number of hydrogen-bond acceptors (Lipinski definition) is 1. The molecule has 1 N–H and O–H groups in total. The van der Waals surface area contributed by atoms with Gasteiger partial charge in [0, 0.05) is 9.81 Å². The summed E-state index contributed by atoms with van der Waals surface area (Å²) in [4.78, 5) is 5.88. The highest BCUT2D eigenvalue weighted by atomic mass is 79.9. The van der Waals surface area contributed by atoms with Crippen molar-refractivity contribution in [2.75, 3.05) is 0 Å². The smallest absolute Gasteiger partial charge is 0.126 e. The molecule has 0 bridgehead atoms. The molecule has 0 saturated heterocycles. The van der Waals surface area contributed by atoms with Crippen LogP contribution in [0.3, 0.4) is 0 Å². The molecule has 0 fully saturated rings. The van der Waals surface area contributed by atoms with Crippen LogP contribution in [0.2, 0.25) is 0 Å². The zero-order valence-corrected chi connectivity index (χ0v) is 4.91. The SMILES string of the molecule is [2H]c1nc(Br)c(C([2H])([2H])[2H])[nH]1. The Morgan fingerprint density at radius 1 is 2.29 bits per heavy atom. The van der Waals surface area contributed by atoms with Crippen LogP contribution in [-0.2, 0) is 0 Å². The number of imidazole rings is 1. The third-order valence-electron chi connectivity index (χ3n) is 0.541. The van der Waals surface area contributed by atoms with E-state index in [0.29, 0.717) is 0 Å². The highest BCUT2D eigenvalue weighted by molar-refractivity contribution is 9.10. The van der Waals surface area contributed by atoms with Crippen molar-refractivity contribution in [2.45, 2.75) is 6.85 Å². The van der Waals surface area contributed by atoms with Gasteiger partial charge < -0.3 is 4.98 Å². The molecule has 7 heavy (non-hydrogen) atoms. The lowest BCUT2D eigenvalue weighted by Crippen LogP contribution is -1.65. The predicted octanol–water partition coefficient (Wildman–Crippen LogP) is 1.48. The van der Waals surface area contributed by atoms with Crippen LogP contribution in [0.1, 0.15) is 11.2 Å². The fraction of sp³-hybridized carbons (Fsp3) is 0.250. The second kappa shape index (κ2) is 1.66. The fourth-order valence-electron chi connectivity index (χ4n) is 0.240. The van der Waals surface area contributed by atoms with E-state index in [-0.39, 0.29) is 16.6 Å². The van der Waals surface area contributed by atoms with Crippen LogP contribution in [0.15, 0.2) is 10.9 Å². The maximum absolute atomic E-state index is 6.99. The van der Waals surface area contributed by atoms with Crippen LogP contribution >= 0.6 is 15.9 Å². The molecule has 0 saturated carbocycles. The molecule has 1 rings (SSSR count). The van der Waals surface area contributed by atoms with Crippen molar-refractivity contribution in [1.82, 2.24) is 9.97 Å². The van der Waals surface area contributed by atoms with E-state index >= 15 is 0 Å². The Labute approximate surface area is 55.7 Å². The number of nitrogens with one attached hydrogen (secondary N) is 1. The minimum absolute atomic E-state index is 0.0255. The standard InChI is InChI=1S/C4H5BrN2/c1-3-4(5)7-2-6-3/h2H,1H3,(H,6,7)/i1D3,2D. The Hall–Kier alpha value is -0.310. The Morgan fingerprint density at radius 2 is 3.14 bits per heavy atom. The molecule has 0 aliphatic rings. The summed E-state index contributed by atoms with van der Waals surface area (Å²) < 4.78 is 28.1. The number of H-pyrrole nitrogens is 1. The molecular weight excluding hydrogens is 156 g/mol. The van der Waals surface area contributed by atoms with Gasteiger partial charge in [0.1, 0.15) is 5.97 Å². The van der Waals surface area contributed by atoms with Gasteiger partial charge in [-0.2, -0.15) is 0 Å². The number of hydrogen-bond donors (Lipinski definition) is 1. The maximum atomic E-state index is 6.99. The molecular formula is C4H5BrN2. The molecule has 0 aliphatic carbocycles. The lowest BCUT2D eigenvalue weighted by molar-refractivity contribution is 1.25. The number of aromatic nitrogens is 2. The van der Waals surface area contributed by atoms with Crippen molar-refractivity contribution in [2.24, 2.45) is 0 Å². The molecule has 0 aliphatic heterocycles. The van der Waals surface area contributed by atoms with Gasteiger partial charge in [-0.05, 0) is 22.8 Å². The van der Waals surface area contributed by atoms with Gasteiger partial charge in [0.25, 0.3) is 0 Å². The van der Waals surface area contributed by atoms with E-state index in [0.717, 1.165) is 0 Å². The second-order valence-electron chi connectivity index (χ2n) is 1.01. The third-order valence-corrected chi connectivity index (χ3v) is 1.12. The average molecular weight is 165 g/mol. The first-order valence-electron chi connectivity index (χ1n) is 3.64. The summed E-state index contributed by atoms with van der Waals surface area (Å²) in [7, 11) is 0. The van der Waals surface area contributed by atoms with E-state index in [4.69, 9.17) is 5.48 Å². The summed E-state index contributed by atoms with van der Waals surface area (Å²) in [6.07, 6.45) is -0.150. The van der Waals surface area contributed by atoms with Crippen LogP contribution in [0.4, 0.5) is 0 Å². The predicted molar refractivity (Wildman–Crippen MR) is 31.0 cm³/mol. The molecule has 3 heteroatoms. The van der Waals surface area contributed by atoms with Gasteiger partial charge in [0.05, 0.1) is 6.30 Å². The lowest BCUT2D eigenvalue weighted by atomic mass is 10.6. The first kappa shape index (κ1) is 1.90. The normalized spacial score (nSPS) is 19.6. The Bertz CT molecular complexity index is 266. The topological polar surface area (TPSA) is 28.7 Å². The summed E-state index contributed by atoms with van der Waals surface area (Å²) in [6, 6.07) is 0. The van der Waals surface area contributed by atoms with Crippen LogP contribution < -0.4 is 0 Å². The summed E-state index contributed by atoms with van der Waals surface area (Å²) in [5.41, 5.74) is -0.0255. The number of nitrogens with zero attached hydrogens (tertiary/aromatic N) is 1. The van der Waals surface area contributed by atoms with E-state index in [9.17, 15) is 0 Å². The zero-order chi connectivity index (χ0) is 8.65. The van der Waals surface area contributed by atoms with E-state index in [1.165, 1.54) is 0 Å². The van der Waals surface area contributed by atoms with Gasteiger partial charge in [0.15, 0.2) is 0 Å². The fourth-order valence-corrected chi connectivity index (χ4v) is 0.428. The van der Waals surface area contributed by atoms with Gasteiger partial charge in [-0.15, -0.1) is 0 Å². The molecule has 1 heterocycles. The van der Waals surface area contributed by atoms with Gasteiger partial charge >= 0.3 is 0 Å². The quantitative estimate of drug-likeness (QED) is 0.619. The summed E-state index contributed by atoms with van der Waals surface area (Å²) in [5, 5.41) is 0. The molecule has 1 aromatic heterocycles. The highest BCUT2D eigenvalue weighted by Crippen LogP contribution is 2.07. The van der Waals surface area contributed by atoms with Crippen LogP contribution in [0.25, 0.3) is 0 Å². The van der Waals surface area contributed by atoms with Crippen molar-refractivity contribution >= 4 is 15.9 Å². The molecule has 0 aromatic carbocycles. The Morgan fingerprint density at radius 3 is 3.43 bits per heavy atom. The zero-order valence-electron chi connectivity index (χ0n) is 7.33. The molecule has 38 valence electrons. The average Bonchev–Trinajstić information content (AvgIpc) is 2.08. The number of aryl methyl sites for hydroxylation is 1. The molecule has 0 unspecified atom stereocenters. The minimum atomic E-state index is -2.23. The number of rotatable bonds is 0. The van der Waals surface area contributed by atoms with Gasteiger partial charge in [-0.1, -0.05) is 0 Å². The van der Waals surface area contributed by atoms with Crippen LogP contribution in [-0.4, -0.2) is 9.97 Å². The van der Waals surface area contributed by atoms with Gasteiger partial charge in [-0.25, -0.2) is 4.98 Å². The molecule has 2 nitrogen and oxygen atoms in total. The van der Waals surface area contributed by atoms with E-state index < -0.39 is 6.85 Å². The Kier molecular flexibility index (Phi) is 0.449. The molecule has 0 amide bonds. The van der Waals surface area contributed by atoms with Crippen molar-refractivity contribution in [3.05, 3.63) is 16.6 Å². The molecule has 1 aromatic rings. The van der Waals surface area contributed by atoms with Crippen molar-refractivity contribution in [3.8, 4) is 0 Å². The van der Waals surface area contributed by atoms with Crippen molar-refractivity contribution in [1.29, 1.82) is 0 Å². The first-order chi connectivity index (χ1) is 4.91. The minimum Gasteiger partial charge on any atom is -0.348 e. The molecule has 0 radical (unpaired) electrons. The lowest BCUT2D eigenvalue weighted by Gasteiger charge is -1.76. The monoisotopic (exact) mass is 164 g/mol. The summed E-state index contributed by atoms with van der Waals surface area (Å²) in [6.45, 7) is -2.23. The number of halogens is 1. The molecule has 0 spiro atoms. The summed E-state index contributed by atoms with van der Waals surface area (Å²) in [5.74, 6) is 0. The maximum Gasteiger partial charge on any atom is 0.126 e. The van der Waals surface area contributed by atoms with Crippen LogP contribution in [0, 0.1) is 6.85 Å². The highest BCUT2D eigenvalue weighted by Gasteiger charge is 1.89. The van der Waals surface area contributed by atoms with Crippen molar-refractivity contribution in [3.63, 3.8) is 0 Å². The number of aromatic amines is 1. The van der Waals surface area contributed by atoms with Gasteiger partial charge in [0.2, 0.25) is 0 Å². The van der Waals surface area contributed by atoms with E-state index in [1.54, 1.807) is 0 Å². The largest absolute Gasteiger partial charge is 0.348 e. The van der Waals surface area contributed by atoms with E-state index in [2.05, 4.69) is 25.9 Å². The van der Waals surface area contributed by atoms with Crippen molar-refractivity contribution < 1.29 is 5.48 Å².